The van der Waals surface area contributed by atoms with Gasteiger partial charge in [-0.1, -0.05) is 18.9 Å². The summed E-state index contributed by atoms with van der Waals surface area (Å²) in [5.74, 6) is -0.951. The van der Waals surface area contributed by atoms with Crippen LogP contribution < -0.4 is 0 Å². The maximum absolute atomic E-state index is 12.0. The Labute approximate surface area is 128 Å². The van der Waals surface area contributed by atoms with Crippen LogP contribution in [0.25, 0.3) is 0 Å². The number of nitro groups is 1. The molecule has 0 atom stereocenters. The Morgan fingerprint density at radius 3 is 2.50 bits per heavy atom. The third-order valence-electron chi connectivity index (χ3n) is 3.58. The van der Waals surface area contributed by atoms with E-state index in [1.807, 2.05) is 0 Å². The molecule has 7 nitrogen and oxygen atoms in total. The van der Waals surface area contributed by atoms with Gasteiger partial charge in [-0.2, -0.15) is 0 Å². The van der Waals surface area contributed by atoms with Crippen LogP contribution >= 0.6 is 0 Å². The second-order valence-corrected chi connectivity index (χ2v) is 5.18. The highest BCUT2D eigenvalue weighted by molar-refractivity contribution is 5.91. The van der Waals surface area contributed by atoms with Crippen molar-refractivity contribution in [2.75, 3.05) is 19.7 Å². The number of nitrogens with zero attached hydrogens (tertiary/aromatic N) is 2. The Bertz CT molecular complexity index is 565. The highest BCUT2D eigenvalue weighted by Gasteiger charge is 2.18. The average molecular weight is 306 g/mol. The maximum Gasteiger partial charge on any atom is 0.338 e. The minimum absolute atomic E-state index is 0.0675. The van der Waals surface area contributed by atoms with E-state index in [2.05, 4.69) is 0 Å². The van der Waals surface area contributed by atoms with E-state index in [1.165, 1.54) is 18.2 Å². The average Bonchev–Trinajstić information content (AvgIpc) is 2.81. The van der Waals surface area contributed by atoms with E-state index in [1.54, 1.807) is 4.90 Å². The lowest BCUT2D eigenvalue weighted by molar-refractivity contribution is -0.384. The van der Waals surface area contributed by atoms with Crippen molar-refractivity contribution < 1.29 is 19.2 Å². The van der Waals surface area contributed by atoms with Gasteiger partial charge >= 0.3 is 5.97 Å². The molecule has 22 heavy (non-hydrogen) atoms. The Balaban J connectivity index is 1.90. The summed E-state index contributed by atoms with van der Waals surface area (Å²) in [6, 6.07) is 5.26. The van der Waals surface area contributed by atoms with Gasteiger partial charge in [-0.3, -0.25) is 14.9 Å². The molecule has 0 spiro atoms. The number of nitro benzene ring substituents is 1. The molecule has 1 fully saturated rings. The van der Waals surface area contributed by atoms with Gasteiger partial charge in [-0.25, -0.2) is 4.79 Å². The van der Waals surface area contributed by atoms with Gasteiger partial charge in [-0.05, 0) is 18.9 Å². The zero-order chi connectivity index (χ0) is 15.9. The van der Waals surface area contributed by atoms with Gasteiger partial charge < -0.3 is 9.64 Å². The van der Waals surface area contributed by atoms with Crippen molar-refractivity contribution in [2.24, 2.45) is 0 Å². The molecule has 0 aliphatic carbocycles. The lowest BCUT2D eigenvalue weighted by atomic mass is 10.2. The van der Waals surface area contributed by atoms with E-state index < -0.39 is 10.9 Å². The maximum atomic E-state index is 12.0. The van der Waals surface area contributed by atoms with Crippen LogP contribution in [0.5, 0.6) is 0 Å². The molecule has 7 heteroatoms. The van der Waals surface area contributed by atoms with Crippen molar-refractivity contribution in [3.8, 4) is 0 Å². The molecule has 0 aromatic heterocycles. The molecular formula is C15H18N2O5. The lowest BCUT2D eigenvalue weighted by Crippen LogP contribution is -2.35. The van der Waals surface area contributed by atoms with Crippen LogP contribution in [-0.2, 0) is 9.53 Å². The fraction of sp³-hybridized carbons (Fsp3) is 0.467. The van der Waals surface area contributed by atoms with E-state index in [9.17, 15) is 19.7 Å². The predicted molar refractivity (Wildman–Crippen MR) is 78.4 cm³/mol. The number of benzene rings is 1. The van der Waals surface area contributed by atoms with Crippen LogP contribution in [0.3, 0.4) is 0 Å². The Kier molecular flexibility index (Phi) is 5.46. The van der Waals surface area contributed by atoms with Crippen molar-refractivity contribution in [2.45, 2.75) is 25.7 Å². The second-order valence-electron chi connectivity index (χ2n) is 5.18. The van der Waals surface area contributed by atoms with Crippen LogP contribution in [0.2, 0.25) is 0 Å². The van der Waals surface area contributed by atoms with Gasteiger partial charge in [0.15, 0.2) is 6.61 Å². The largest absolute Gasteiger partial charge is 0.452 e. The van der Waals surface area contributed by atoms with Crippen molar-refractivity contribution in [3.63, 3.8) is 0 Å². The van der Waals surface area contributed by atoms with Crippen LogP contribution in [-0.4, -0.2) is 41.4 Å². The van der Waals surface area contributed by atoms with Crippen LogP contribution in [0.4, 0.5) is 5.69 Å². The van der Waals surface area contributed by atoms with E-state index in [0.29, 0.717) is 13.1 Å². The van der Waals surface area contributed by atoms with E-state index in [4.69, 9.17) is 4.74 Å². The van der Waals surface area contributed by atoms with Gasteiger partial charge in [-0.15, -0.1) is 0 Å². The normalized spacial score (nSPS) is 15.0. The monoisotopic (exact) mass is 306 g/mol. The molecule has 1 aliphatic rings. The number of rotatable bonds is 4. The lowest BCUT2D eigenvalue weighted by Gasteiger charge is -2.19. The zero-order valence-corrected chi connectivity index (χ0v) is 12.2. The summed E-state index contributed by atoms with van der Waals surface area (Å²) in [5, 5.41) is 10.7. The minimum Gasteiger partial charge on any atom is -0.452 e. The first-order valence-corrected chi connectivity index (χ1v) is 7.27. The summed E-state index contributed by atoms with van der Waals surface area (Å²) < 4.78 is 4.97. The summed E-state index contributed by atoms with van der Waals surface area (Å²) in [4.78, 5) is 35.7. The number of carbonyl (C=O) groups is 2. The van der Waals surface area contributed by atoms with Crippen LogP contribution in [0.1, 0.15) is 36.0 Å². The SMILES string of the molecule is O=C(OCC(=O)N1CCCCCC1)c1cccc([N+](=O)[O-])c1. The number of amides is 1. The molecular weight excluding hydrogens is 288 g/mol. The van der Waals surface area contributed by atoms with Gasteiger partial charge in [0.25, 0.3) is 11.6 Å². The highest BCUT2D eigenvalue weighted by atomic mass is 16.6. The summed E-state index contributed by atoms with van der Waals surface area (Å²) in [6.07, 6.45) is 4.14. The molecule has 0 radical (unpaired) electrons. The number of carbonyl (C=O) groups excluding carboxylic acids is 2. The van der Waals surface area contributed by atoms with Crippen LogP contribution in [0.15, 0.2) is 24.3 Å². The summed E-state index contributed by atoms with van der Waals surface area (Å²) >= 11 is 0. The van der Waals surface area contributed by atoms with Crippen molar-refractivity contribution in [1.29, 1.82) is 0 Å². The van der Waals surface area contributed by atoms with Crippen molar-refractivity contribution in [1.82, 2.24) is 4.90 Å². The fourth-order valence-corrected chi connectivity index (χ4v) is 2.37. The van der Waals surface area contributed by atoms with Gasteiger partial charge in [0.2, 0.25) is 0 Å². The molecule has 1 aromatic rings. The number of non-ortho nitro benzene ring substituents is 1. The molecule has 118 valence electrons. The molecule has 2 rings (SSSR count). The standard InChI is InChI=1S/C15H18N2O5/c18-14(16-8-3-1-2-4-9-16)11-22-15(19)12-6-5-7-13(10-12)17(20)21/h5-7,10H,1-4,8-9,11H2. The highest BCUT2D eigenvalue weighted by Crippen LogP contribution is 2.14. The third-order valence-corrected chi connectivity index (χ3v) is 3.58. The third kappa shape index (κ3) is 4.28. The zero-order valence-electron chi connectivity index (χ0n) is 12.2. The topological polar surface area (TPSA) is 89.8 Å². The summed E-state index contributed by atoms with van der Waals surface area (Å²) in [6.45, 7) is 1.04. The first kappa shape index (κ1) is 15.9. The van der Waals surface area contributed by atoms with E-state index >= 15 is 0 Å². The molecule has 0 N–H and O–H groups in total. The number of ether oxygens (including phenoxy) is 1. The van der Waals surface area contributed by atoms with Crippen molar-refractivity contribution in [3.05, 3.63) is 39.9 Å². The smallest absolute Gasteiger partial charge is 0.338 e. The molecule has 1 heterocycles. The first-order chi connectivity index (χ1) is 10.6. The number of hydrogen-bond donors (Lipinski definition) is 0. The molecule has 0 saturated carbocycles. The van der Waals surface area contributed by atoms with E-state index in [-0.39, 0.29) is 23.8 Å². The molecule has 1 aliphatic heterocycles. The molecule has 1 amide bonds. The molecule has 1 saturated heterocycles. The predicted octanol–water partition coefficient (Wildman–Crippen LogP) is 2.15. The minimum atomic E-state index is -0.730. The molecule has 0 bridgehead atoms. The number of hydrogen-bond acceptors (Lipinski definition) is 5. The molecule has 0 unspecified atom stereocenters. The summed E-state index contributed by atoms with van der Waals surface area (Å²) in [5.41, 5.74) is -0.119. The van der Waals surface area contributed by atoms with Gasteiger partial charge in [0, 0.05) is 25.2 Å². The Morgan fingerprint density at radius 2 is 1.86 bits per heavy atom. The summed E-state index contributed by atoms with van der Waals surface area (Å²) in [7, 11) is 0. The number of esters is 1. The van der Waals surface area contributed by atoms with E-state index in [0.717, 1.165) is 31.7 Å². The fourth-order valence-electron chi connectivity index (χ4n) is 2.37. The Morgan fingerprint density at radius 1 is 1.18 bits per heavy atom. The van der Waals surface area contributed by atoms with Crippen molar-refractivity contribution >= 4 is 17.6 Å². The van der Waals surface area contributed by atoms with Gasteiger partial charge in [0.05, 0.1) is 10.5 Å². The molecule has 1 aromatic carbocycles. The van der Waals surface area contributed by atoms with Gasteiger partial charge in [0.1, 0.15) is 0 Å². The Hall–Kier alpha value is -2.44. The second kappa shape index (κ2) is 7.53. The quantitative estimate of drug-likeness (QED) is 0.483. The first-order valence-electron chi connectivity index (χ1n) is 7.27. The number of likely N-dealkylation sites (tertiary alicyclic amines) is 1. The van der Waals surface area contributed by atoms with Crippen LogP contribution in [0, 0.1) is 10.1 Å².